The summed E-state index contributed by atoms with van der Waals surface area (Å²) in [5, 5.41) is 8.71. The molecule has 0 saturated carbocycles. The monoisotopic (exact) mass is 440 g/mol. The highest BCUT2D eigenvalue weighted by atomic mass is 15.1. The molecule has 2 nitrogen and oxygen atoms in total. The van der Waals surface area contributed by atoms with Gasteiger partial charge in [-0.3, -0.25) is 0 Å². The van der Waals surface area contributed by atoms with Crippen molar-refractivity contribution in [3.05, 3.63) is 94.3 Å². The first-order valence-electron chi connectivity index (χ1n) is 12.4. The molecule has 0 spiro atoms. The van der Waals surface area contributed by atoms with Crippen LogP contribution < -0.4 is 0 Å². The van der Waals surface area contributed by atoms with E-state index in [-0.39, 0.29) is 21.7 Å². The molecule has 0 fully saturated rings. The quantitative estimate of drug-likeness (QED) is 0.408. The van der Waals surface area contributed by atoms with Crippen LogP contribution >= 0.6 is 0 Å². The highest BCUT2D eigenvalue weighted by Gasteiger charge is 2.54. The maximum absolute atomic E-state index is 4.44. The summed E-state index contributed by atoms with van der Waals surface area (Å²) in [5.41, 5.74) is 8.21. The van der Waals surface area contributed by atoms with Crippen LogP contribution in [0.1, 0.15) is 94.9 Å². The van der Waals surface area contributed by atoms with E-state index >= 15 is 0 Å². The molecule has 0 radical (unpaired) electrons. The van der Waals surface area contributed by atoms with Crippen LogP contribution in [0.3, 0.4) is 0 Å². The lowest BCUT2D eigenvalue weighted by Gasteiger charge is -2.44. The molecule has 0 aliphatic heterocycles. The Bertz CT molecular complexity index is 1120. The number of rotatable bonds is 5. The minimum atomic E-state index is 0.000935. The van der Waals surface area contributed by atoms with Crippen LogP contribution in [0.15, 0.2) is 60.7 Å². The van der Waals surface area contributed by atoms with E-state index in [4.69, 9.17) is 0 Å². The largest absolute Gasteiger partial charge is 0.156 e. The molecule has 33 heavy (non-hydrogen) atoms. The molecule has 1 aromatic heterocycles. The van der Waals surface area contributed by atoms with Gasteiger partial charge in [-0.2, -0.15) is 10.2 Å². The van der Waals surface area contributed by atoms with Crippen molar-refractivity contribution in [1.29, 1.82) is 0 Å². The molecule has 1 aliphatic rings. The van der Waals surface area contributed by atoms with E-state index in [1.165, 1.54) is 22.3 Å². The van der Waals surface area contributed by atoms with E-state index in [0.717, 1.165) is 30.7 Å². The second-order valence-corrected chi connectivity index (χ2v) is 12.2. The van der Waals surface area contributed by atoms with Gasteiger partial charge in [0.1, 0.15) is 0 Å². The first kappa shape index (κ1) is 23.7. The SMILES string of the molecule is Cc1ccc(CC[C@@]2(C)C[C@](C)(C(C)(C)c3ccc(C(C)(C)C)cc3)c3ccccc32)nn1. The molecule has 0 saturated heterocycles. The van der Waals surface area contributed by atoms with Crippen molar-refractivity contribution in [3.63, 3.8) is 0 Å². The fraction of sp³-hybridized carbons (Fsp3) is 0.484. The lowest BCUT2D eigenvalue weighted by Crippen LogP contribution is -2.42. The smallest absolute Gasteiger partial charge is 0.0631 e. The summed E-state index contributed by atoms with van der Waals surface area (Å²) in [6, 6.07) is 22.8. The van der Waals surface area contributed by atoms with Crippen molar-refractivity contribution in [1.82, 2.24) is 10.2 Å². The van der Waals surface area contributed by atoms with Crippen molar-refractivity contribution in [3.8, 4) is 0 Å². The predicted octanol–water partition coefficient (Wildman–Crippen LogP) is 7.61. The van der Waals surface area contributed by atoms with Gasteiger partial charge in [0.2, 0.25) is 0 Å². The van der Waals surface area contributed by atoms with Crippen LogP contribution in [0.4, 0.5) is 0 Å². The Morgan fingerprint density at radius 1 is 0.758 bits per heavy atom. The summed E-state index contributed by atoms with van der Waals surface area (Å²) >= 11 is 0. The Kier molecular flexibility index (Phi) is 5.79. The number of nitrogens with zero attached hydrogens (tertiary/aromatic N) is 2. The number of aromatic nitrogens is 2. The molecule has 0 amide bonds. The number of aryl methyl sites for hydroxylation is 2. The second-order valence-electron chi connectivity index (χ2n) is 12.2. The summed E-state index contributed by atoms with van der Waals surface area (Å²) in [4.78, 5) is 0. The number of benzene rings is 2. The van der Waals surface area contributed by atoms with E-state index in [9.17, 15) is 0 Å². The minimum absolute atomic E-state index is 0.000935. The van der Waals surface area contributed by atoms with Gasteiger partial charge < -0.3 is 0 Å². The summed E-state index contributed by atoms with van der Waals surface area (Å²) in [7, 11) is 0. The molecular formula is C31H40N2. The maximum Gasteiger partial charge on any atom is 0.0631 e. The third-order valence-corrected chi connectivity index (χ3v) is 8.55. The van der Waals surface area contributed by atoms with Crippen molar-refractivity contribution in [2.45, 2.75) is 96.3 Å². The average molecular weight is 441 g/mol. The van der Waals surface area contributed by atoms with Gasteiger partial charge >= 0.3 is 0 Å². The van der Waals surface area contributed by atoms with E-state index < -0.39 is 0 Å². The van der Waals surface area contributed by atoms with Gasteiger partial charge in [-0.1, -0.05) is 97.0 Å². The van der Waals surface area contributed by atoms with Crippen LogP contribution in [0, 0.1) is 6.92 Å². The van der Waals surface area contributed by atoms with Gasteiger partial charge in [-0.05, 0) is 76.8 Å². The zero-order valence-corrected chi connectivity index (χ0v) is 21.8. The molecule has 174 valence electrons. The minimum Gasteiger partial charge on any atom is -0.156 e. The van der Waals surface area contributed by atoms with Crippen molar-refractivity contribution in [2.75, 3.05) is 0 Å². The normalized spacial score (nSPS) is 22.9. The molecule has 0 N–H and O–H groups in total. The lowest BCUT2D eigenvalue weighted by molar-refractivity contribution is 0.229. The van der Waals surface area contributed by atoms with E-state index in [0.29, 0.717) is 0 Å². The predicted molar refractivity (Wildman–Crippen MR) is 139 cm³/mol. The van der Waals surface area contributed by atoms with E-state index in [1.54, 1.807) is 0 Å². The number of hydrogen-bond acceptors (Lipinski definition) is 2. The van der Waals surface area contributed by atoms with Crippen LogP contribution in [-0.2, 0) is 28.1 Å². The van der Waals surface area contributed by atoms with Gasteiger partial charge in [0.05, 0.1) is 11.4 Å². The molecule has 3 aromatic rings. The van der Waals surface area contributed by atoms with Gasteiger partial charge in [0.25, 0.3) is 0 Å². The molecule has 0 bridgehead atoms. The van der Waals surface area contributed by atoms with E-state index in [2.05, 4.69) is 119 Å². The zero-order chi connectivity index (χ0) is 24.1. The standard InChI is InChI=1S/C31H40N2/c1-22-13-18-25(33-32-22)19-20-30(7)21-31(8,27-12-10-9-11-26(27)30)29(5,6)24-16-14-23(15-17-24)28(2,3)4/h9-18H,19-21H2,1-8H3/t30-,31-/m0/s1. The molecule has 0 unspecified atom stereocenters. The third kappa shape index (κ3) is 4.14. The zero-order valence-electron chi connectivity index (χ0n) is 21.8. The highest BCUT2D eigenvalue weighted by Crippen LogP contribution is 2.59. The fourth-order valence-corrected chi connectivity index (χ4v) is 5.91. The Morgan fingerprint density at radius 2 is 1.36 bits per heavy atom. The summed E-state index contributed by atoms with van der Waals surface area (Å²) in [6.45, 7) is 18.7. The van der Waals surface area contributed by atoms with Crippen LogP contribution in [0.25, 0.3) is 0 Å². The maximum atomic E-state index is 4.44. The fourth-order valence-electron chi connectivity index (χ4n) is 5.91. The number of fused-ring (bicyclic) bond motifs is 1. The van der Waals surface area contributed by atoms with Crippen LogP contribution in [0.2, 0.25) is 0 Å². The molecule has 2 aromatic carbocycles. The van der Waals surface area contributed by atoms with Gasteiger partial charge in [-0.25, -0.2) is 0 Å². The first-order valence-corrected chi connectivity index (χ1v) is 12.4. The van der Waals surface area contributed by atoms with Gasteiger partial charge in [0.15, 0.2) is 0 Å². The Labute approximate surface area is 200 Å². The molecular weight excluding hydrogens is 400 g/mol. The number of hydrogen-bond donors (Lipinski definition) is 0. The molecule has 2 atom stereocenters. The summed E-state index contributed by atoms with van der Waals surface area (Å²) < 4.78 is 0. The van der Waals surface area contributed by atoms with Crippen molar-refractivity contribution in [2.24, 2.45) is 0 Å². The molecule has 4 rings (SSSR count). The lowest BCUT2D eigenvalue weighted by atomic mass is 9.59. The second kappa shape index (κ2) is 8.08. The molecule has 1 heterocycles. The van der Waals surface area contributed by atoms with E-state index in [1.807, 2.05) is 6.92 Å². The summed E-state index contributed by atoms with van der Waals surface area (Å²) in [6.07, 6.45) is 3.16. The Balaban J connectivity index is 1.69. The third-order valence-electron chi connectivity index (χ3n) is 8.55. The first-order chi connectivity index (χ1) is 15.4. The Morgan fingerprint density at radius 3 is 1.94 bits per heavy atom. The van der Waals surface area contributed by atoms with Crippen LogP contribution in [0.5, 0.6) is 0 Å². The van der Waals surface area contributed by atoms with Crippen molar-refractivity contribution < 1.29 is 0 Å². The molecule has 2 heteroatoms. The van der Waals surface area contributed by atoms with Gasteiger partial charge in [0, 0.05) is 5.41 Å². The highest BCUT2D eigenvalue weighted by molar-refractivity contribution is 5.50. The average Bonchev–Trinajstić information content (AvgIpc) is 3.02. The Hall–Kier alpha value is -2.48. The topological polar surface area (TPSA) is 25.8 Å². The van der Waals surface area contributed by atoms with Crippen molar-refractivity contribution >= 4 is 0 Å². The van der Waals surface area contributed by atoms with Crippen LogP contribution in [-0.4, -0.2) is 10.2 Å². The van der Waals surface area contributed by atoms with Gasteiger partial charge in [-0.15, -0.1) is 0 Å². The molecule has 1 aliphatic carbocycles. The summed E-state index contributed by atoms with van der Waals surface area (Å²) in [5.74, 6) is 0.